The lowest BCUT2D eigenvalue weighted by Crippen LogP contribution is -2.44. The van der Waals surface area contributed by atoms with Crippen molar-refractivity contribution in [3.63, 3.8) is 0 Å². The molecule has 0 aliphatic carbocycles. The van der Waals surface area contributed by atoms with E-state index in [0.717, 1.165) is 18.5 Å². The van der Waals surface area contributed by atoms with Gasteiger partial charge in [0, 0.05) is 36.8 Å². The highest BCUT2D eigenvalue weighted by molar-refractivity contribution is 5.96. The van der Waals surface area contributed by atoms with Gasteiger partial charge in [0.1, 0.15) is 5.82 Å². The first-order valence-electron chi connectivity index (χ1n) is 10.0. The zero-order valence-electron chi connectivity index (χ0n) is 16.3. The van der Waals surface area contributed by atoms with Crippen LogP contribution in [-0.2, 0) is 4.79 Å². The van der Waals surface area contributed by atoms with Crippen molar-refractivity contribution in [1.29, 1.82) is 0 Å². The van der Waals surface area contributed by atoms with Crippen molar-refractivity contribution in [2.45, 2.75) is 32.6 Å². The summed E-state index contributed by atoms with van der Waals surface area (Å²) in [5, 5.41) is 0. The first-order valence-corrected chi connectivity index (χ1v) is 10.0. The topological polar surface area (TPSA) is 40.6 Å². The molecule has 0 unspecified atom stereocenters. The molecule has 0 N–H and O–H groups in total. The summed E-state index contributed by atoms with van der Waals surface area (Å²) in [7, 11) is 0. The van der Waals surface area contributed by atoms with Crippen LogP contribution in [0.5, 0.6) is 0 Å². The Morgan fingerprint density at radius 3 is 2.29 bits per heavy atom. The molecular weight excluding hydrogens is 355 g/mol. The van der Waals surface area contributed by atoms with E-state index in [9.17, 15) is 14.0 Å². The van der Waals surface area contributed by atoms with Gasteiger partial charge in [-0.05, 0) is 55.7 Å². The molecule has 1 saturated heterocycles. The summed E-state index contributed by atoms with van der Waals surface area (Å²) >= 11 is 0. The third-order valence-electron chi connectivity index (χ3n) is 5.29. The van der Waals surface area contributed by atoms with Crippen molar-refractivity contribution in [1.82, 2.24) is 4.90 Å². The molecule has 0 bridgehead atoms. The van der Waals surface area contributed by atoms with E-state index in [-0.39, 0.29) is 23.5 Å². The molecule has 0 spiro atoms. The number of carbonyl (C=O) groups excluding carboxylic acids is 2. The van der Waals surface area contributed by atoms with Gasteiger partial charge in [0.2, 0.25) is 5.91 Å². The summed E-state index contributed by atoms with van der Waals surface area (Å²) in [6.45, 7) is 3.92. The minimum Gasteiger partial charge on any atom is -0.339 e. The molecule has 0 saturated carbocycles. The highest BCUT2D eigenvalue weighted by Crippen LogP contribution is 2.25. The smallest absolute Gasteiger partial charge is 0.253 e. The average molecular weight is 382 g/mol. The van der Waals surface area contributed by atoms with Crippen LogP contribution in [0.15, 0.2) is 54.6 Å². The number of hydrogen-bond acceptors (Lipinski definition) is 2. The number of benzene rings is 2. The molecule has 0 atom stereocenters. The fourth-order valence-electron chi connectivity index (χ4n) is 3.62. The van der Waals surface area contributed by atoms with Crippen LogP contribution in [0, 0.1) is 11.7 Å². The zero-order chi connectivity index (χ0) is 19.9. The molecule has 5 heteroatoms. The van der Waals surface area contributed by atoms with Crippen LogP contribution in [-0.4, -0.2) is 36.3 Å². The summed E-state index contributed by atoms with van der Waals surface area (Å²) in [5.41, 5.74) is 1.42. The van der Waals surface area contributed by atoms with Crippen molar-refractivity contribution in [2.75, 3.05) is 24.5 Å². The van der Waals surface area contributed by atoms with E-state index in [1.807, 2.05) is 35.2 Å². The van der Waals surface area contributed by atoms with Crippen LogP contribution in [0.3, 0.4) is 0 Å². The predicted molar refractivity (Wildman–Crippen MR) is 109 cm³/mol. The molecule has 1 aliphatic heterocycles. The Bertz CT molecular complexity index is 784. The number of unbranched alkanes of at least 4 members (excludes halogenated alkanes) is 1. The van der Waals surface area contributed by atoms with E-state index in [1.54, 1.807) is 4.90 Å². The van der Waals surface area contributed by atoms with Crippen molar-refractivity contribution in [3.8, 4) is 0 Å². The van der Waals surface area contributed by atoms with Gasteiger partial charge < -0.3 is 9.80 Å². The number of likely N-dealkylation sites (tertiary alicyclic amines) is 1. The van der Waals surface area contributed by atoms with Crippen molar-refractivity contribution in [2.24, 2.45) is 5.92 Å². The number of carbonyl (C=O) groups is 2. The lowest BCUT2D eigenvalue weighted by molar-refractivity contribution is -0.123. The molecule has 148 valence electrons. The number of halogens is 1. The number of amides is 2. The number of para-hydroxylation sites is 1. The molecule has 1 aliphatic rings. The summed E-state index contributed by atoms with van der Waals surface area (Å²) in [6, 6.07) is 15.4. The highest BCUT2D eigenvalue weighted by atomic mass is 19.1. The summed E-state index contributed by atoms with van der Waals surface area (Å²) in [4.78, 5) is 29.4. The molecule has 4 nitrogen and oxygen atoms in total. The third-order valence-corrected chi connectivity index (χ3v) is 5.29. The number of piperidine rings is 1. The van der Waals surface area contributed by atoms with Gasteiger partial charge in [-0.15, -0.1) is 0 Å². The molecule has 2 aromatic carbocycles. The van der Waals surface area contributed by atoms with Gasteiger partial charge in [-0.1, -0.05) is 31.5 Å². The minimum atomic E-state index is -0.353. The van der Waals surface area contributed by atoms with Gasteiger partial charge in [-0.25, -0.2) is 4.39 Å². The fourth-order valence-corrected chi connectivity index (χ4v) is 3.62. The first kappa shape index (κ1) is 20.1. The summed E-state index contributed by atoms with van der Waals surface area (Å²) in [5.74, 6) is -0.381. The standard InChI is InChI=1S/C23H27FN2O2/c1-2-3-15-26(21-7-5-4-6-8-21)23(28)19-13-16-25(17-14-19)22(27)18-9-11-20(24)12-10-18/h4-12,19H,2-3,13-17H2,1H3. The molecule has 0 aromatic heterocycles. The molecule has 3 rings (SSSR count). The second-order valence-electron chi connectivity index (χ2n) is 7.25. The maximum atomic E-state index is 13.2. The molecule has 0 radical (unpaired) electrons. The van der Waals surface area contributed by atoms with Gasteiger partial charge in [0.15, 0.2) is 0 Å². The van der Waals surface area contributed by atoms with Crippen LogP contribution in [0.1, 0.15) is 43.0 Å². The maximum Gasteiger partial charge on any atom is 0.253 e. The Balaban J connectivity index is 1.63. The lowest BCUT2D eigenvalue weighted by atomic mass is 9.94. The monoisotopic (exact) mass is 382 g/mol. The van der Waals surface area contributed by atoms with Crippen LogP contribution in [0.4, 0.5) is 10.1 Å². The predicted octanol–water partition coefficient (Wildman–Crippen LogP) is 4.51. The Hall–Kier alpha value is -2.69. The van der Waals surface area contributed by atoms with Crippen LogP contribution in [0.2, 0.25) is 0 Å². The number of anilines is 1. The molecule has 1 heterocycles. The first-order chi connectivity index (χ1) is 13.6. The van der Waals surface area contributed by atoms with Crippen LogP contribution < -0.4 is 4.90 Å². The van der Waals surface area contributed by atoms with E-state index in [1.165, 1.54) is 24.3 Å². The van der Waals surface area contributed by atoms with E-state index in [0.29, 0.717) is 38.0 Å². The van der Waals surface area contributed by atoms with Crippen molar-refractivity contribution >= 4 is 17.5 Å². The van der Waals surface area contributed by atoms with E-state index in [2.05, 4.69) is 6.92 Å². The second-order valence-corrected chi connectivity index (χ2v) is 7.25. The summed E-state index contributed by atoms with van der Waals surface area (Å²) < 4.78 is 13.1. The molecule has 1 fully saturated rings. The number of nitrogens with zero attached hydrogens (tertiary/aromatic N) is 2. The van der Waals surface area contributed by atoms with E-state index in [4.69, 9.17) is 0 Å². The second kappa shape index (κ2) is 9.49. The van der Waals surface area contributed by atoms with Gasteiger partial charge in [-0.2, -0.15) is 0 Å². The third kappa shape index (κ3) is 4.77. The minimum absolute atomic E-state index is 0.0747. The Labute approximate surface area is 166 Å². The van der Waals surface area contributed by atoms with Crippen LogP contribution >= 0.6 is 0 Å². The van der Waals surface area contributed by atoms with Crippen LogP contribution in [0.25, 0.3) is 0 Å². The molecule has 28 heavy (non-hydrogen) atoms. The maximum absolute atomic E-state index is 13.2. The lowest BCUT2D eigenvalue weighted by Gasteiger charge is -2.34. The largest absolute Gasteiger partial charge is 0.339 e. The van der Waals surface area contributed by atoms with Gasteiger partial charge >= 0.3 is 0 Å². The fraction of sp³-hybridized carbons (Fsp3) is 0.391. The van der Waals surface area contributed by atoms with E-state index >= 15 is 0 Å². The van der Waals surface area contributed by atoms with Crippen molar-refractivity contribution in [3.05, 3.63) is 66.0 Å². The Morgan fingerprint density at radius 2 is 1.68 bits per heavy atom. The quantitative estimate of drug-likeness (QED) is 0.737. The highest BCUT2D eigenvalue weighted by Gasteiger charge is 2.31. The molecular formula is C23H27FN2O2. The number of hydrogen-bond donors (Lipinski definition) is 0. The zero-order valence-corrected chi connectivity index (χ0v) is 16.3. The molecule has 2 aromatic rings. The Kier molecular flexibility index (Phi) is 6.80. The Morgan fingerprint density at radius 1 is 1.04 bits per heavy atom. The normalized spacial score (nSPS) is 14.7. The van der Waals surface area contributed by atoms with Gasteiger partial charge in [0.05, 0.1) is 0 Å². The summed E-state index contributed by atoms with van der Waals surface area (Å²) in [6.07, 6.45) is 3.30. The van der Waals surface area contributed by atoms with Gasteiger partial charge in [-0.3, -0.25) is 9.59 Å². The average Bonchev–Trinajstić information content (AvgIpc) is 2.75. The van der Waals surface area contributed by atoms with Crippen molar-refractivity contribution < 1.29 is 14.0 Å². The van der Waals surface area contributed by atoms with Gasteiger partial charge in [0.25, 0.3) is 5.91 Å². The molecule has 2 amide bonds. The SMILES string of the molecule is CCCCN(C(=O)C1CCN(C(=O)c2ccc(F)cc2)CC1)c1ccccc1. The number of rotatable bonds is 6. The van der Waals surface area contributed by atoms with E-state index < -0.39 is 0 Å².